The lowest BCUT2D eigenvalue weighted by Gasteiger charge is -2.35. The van der Waals surface area contributed by atoms with Crippen LogP contribution in [0.4, 0.5) is 0 Å². The van der Waals surface area contributed by atoms with Crippen LogP contribution in [0.5, 0.6) is 0 Å². The van der Waals surface area contributed by atoms with Crippen molar-refractivity contribution in [3.8, 4) is 0 Å². The minimum absolute atomic E-state index is 0.143. The number of nitrogens with zero attached hydrogens (tertiary/aromatic N) is 3. The van der Waals surface area contributed by atoms with E-state index in [-0.39, 0.29) is 11.5 Å². The summed E-state index contributed by atoms with van der Waals surface area (Å²) in [5.41, 5.74) is 7.50. The van der Waals surface area contributed by atoms with Gasteiger partial charge < -0.3 is 10.6 Å². The summed E-state index contributed by atoms with van der Waals surface area (Å²) in [5.74, 6) is -0.143. The monoisotopic (exact) mass is 312 g/mol. The van der Waals surface area contributed by atoms with E-state index in [1.54, 1.807) is 24.9 Å². The molecule has 1 aromatic carbocycles. The lowest BCUT2D eigenvalue weighted by atomic mass is 9.90. The number of carbonyl (C=O) groups is 1. The minimum atomic E-state index is -1.09. The van der Waals surface area contributed by atoms with Crippen LogP contribution in [0.25, 0.3) is 0 Å². The van der Waals surface area contributed by atoms with Crippen molar-refractivity contribution in [3.63, 3.8) is 0 Å². The Labute approximate surface area is 134 Å². The van der Waals surface area contributed by atoms with E-state index >= 15 is 0 Å². The van der Waals surface area contributed by atoms with E-state index in [9.17, 15) is 9.59 Å². The molecule has 2 N–H and O–H groups in total. The fourth-order valence-corrected chi connectivity index (χ4v) is 2.90. The SMILES string of the molecule is Cn1nc2c(cc1=O)CN(C(=O)C(C)(N)c1ccccc1)CC2. The van der Waals surface area contributed by atoms with Crippen LogP contribution in [0.3, 0.4) is 0 Å². The highest BCUT2D eigenvalue weighted by molar-refractivity contribution is 5.87. The van der Waals surface area contributed by atoms with E-state index in [1.807, 2.05) is 30.3 Å². The number of aromatic nitrogens is 2. The Hall–Kier alpha value is -2.47. The number of hydrogen-bond donors (Lipinski definition) is 1. The molecule has 1 aliphatic rings. The fourth-order valence-electron chi connectivity index (χ4n) is 2.90. The second-order valence-corrected chi connectivity index (χ2v) is 6.12. The molecule has 0 radical (unpaired) electrons. The summed E-state index contributed by atoms with van der Waals surface area (Å²) in [5, 5.41) is 4.26. The Morgan fingerprint density at radius 3 is 2.70 bits per heavy atom. The van der Waals surface area contributed by atoms with E-state index in [1.165, 1.54) is 4.68 Å². The van der Waals surface area contributed by atoms with Gasteiger partial charge in [-0.15, -0.1) is 0 Å². The second kappa shape index (κ2) is 5.62. The molecule has 0 saturated carbocycles. The zero-order chi connectivity index (χ0) is 16.6. The molecule has 1 aliphatic heterocycles. The van der Waals surface area contributed by atoms with E-state index in [0.29, 0.717) is 19.5 Å². The normalized spacial score (nSPS) is 16.6. The van der Waals surface area contributed by atoms with Crippen LogP contribution < -0.4 is 11.3 Å². The second-order valence-electron chi connectivity index (χ2n) is 6.12. The number of rotatable bonds is 2. The van der Waals surface area contributed by atoms with Crippen molar-refractivity contribution in [1.82, 2.24) is 14.7 Å². The fraction of sp³-hybridized carbons (Fsp3) is 0.353. The number of aryl methyl sites for hydroxylation is 1. The Morgan fingerprint density at radius 1 is 1.30 bits per heavy atom. The van der Waals surface area contributed by atoms with Crippen LogP contribution in [0.1, 0.15) is 23.7 Å². The molecule has 6 nitrogen and oxygen atoms in total. The summed E-state index contributed by atoms with van der Waals surface area (Å²) in [7, 11) is 1.63. The molecule has 1 atom stereocenters. The summed E-state index contributed by atoms with van der Waals surface area (Å²) in [4.78, 5) is 26.3. The maximum absolute atomic E-state index is 12.9. The van der Waals surface area contributed by atoms with E-state index in [0.717, 1.165) is 16.8 Å². The van der Waals surface area contributed by atoms with Gasteiger partial charge in [0.1, 0.15) is 5.54 Å². The molecule has 0 aliphatic carbocycles. The van der Waals surface area contributed by atoms with Crippen LogP contribution in [0.2, 0.25) is 0 Å². The standard InChI is InChI=1S/C17H20N4O2/c1-17(18,13-6-4-3-5-7-13)16(23)21-9-8-14-12(11-21)10-15(22)20(2)19-14/h3-7,10H,8-9,11,18H2,1-2H3. The van der Waals surface area contributed by atoms with Crippen molar-refractivity contribution in [1.29, 1.82) is 0 Å². The molecule has 2 aromatic rings. The number of nitrogens with two attached hydrogens (primary N) is 1. The number of fused-ring (bicyclic) bond motifs is 1. The van der Waals surface area contributed by atoms with Gasteiger partial charge in [-0.05, 0) is 12.5 Å². The number of carbonyl (C=O) groups excluding carboxylic acids is 1. The van der Waals surface area contributed by atoms with Crippen LogP contribution in [0, 0.1) is 0 Å². The zero-order valence-corrected chi connectivity index (χ0v) is 13.3. The number of benzene rings is 1. The summed E-state index contributed by atoms with van der Waals surface area (Å²) >= 11 is 0. The summed E-state index contributed by atoms with van der Waals surface area (Å²) in [6.07, 6.45) is 0.625. The third-order valence-corrected chi connectivity index (χ3v) is 4.34. The van der Waals surface area contributed by atoms with Gasteiger partial charge in [-0.3, -0.25) is 9.59 Å². The van der Waals surface area contributed by atoms with Gasteiger partial charge in [0.25, 0.3) is 5.56 Å². The van der Waals surface area contributed by atoms with Crippen molar-refractivity contribution in [2.24, 2.45) is 12.8 Å². The Kier molecular flexibility index (Phi) is 3.77. The first-order chi connectivity index (χ1) is 10.9. The average molecular weight is 312 g/mol. The smallest absolute Gasteiger partial charge is 0.266 e. The molecule has 0 spiro atoms. The average Bonchev–Trinajstić information content (AvgIpc) is 2.55. The maximum atomic E-state index is 12.9. The van der Waals surface area contributed by atoms with Crippen LogP contribution in [0.15, 0.2) is 41.2 Å². The first kappa shape index (κ1) is 15.4. The van der Waals surface area contributed by atoms with Crippen LogP contribution in [-0.4, -0.2) is 27.1 Å². The number of hydrogen-bond acceptors (Lipinski definition) is 4. The molecule has 0 fully saturated rings. The first-order valence-corrected chi connectivity index (χ1v) is 7.59. The van der Waals surface area contributed by atoms with Gasteiger partial charge in [-0.25, -0.2) is 4.68 Å². The van der Waals surface area contributed by atoms with Gasteiger partial charge in [0.2, 0.25) is 5.91 Å². The molecular formula is C17H20N4O2. The third kappa shape index (κ3) is 2.77. The van der Waals surface area contributed by atoms with Crippen molar-refractivity contribution in [3.05, 3.63) is 63.6 Å². The highest BCUT2D eigenvalue weighted by Gasteiger charge is 2.36. The summed E-state index contributed by atoms with van der Waals surface area (Å²) in [6, 6.07) is 10.9. The van der Waals surface area contributed by atoms with Gasteiger partial charge >= 0.3 is 0 Å². The molecular weight excluding hydrogens is 292 g/mol. The van der Waals surface area contributed by atoms with Gasteiger partial charge in [0.15, 0.2) is 0 Å². The Bertz CT molecular complexity index is 796. The number of amides is 1. The van der Waals surface area contributed by atoms with Gasteiger partial charge in [-0.1, -0.05) is 30.3 Å². The minimum Gasteiger partial charge on any atom is -0.336 e. The molecule has 6 heteroatoms. The molecule has 2 heterocycles. The van der Waals surface area contributed by atoms with Crippen molar-refractivity contribution < 1.29 is 4.79 Å². The maximum Gasteiger partial charge on any atom is 0.266 e. The summed E-state index contributed by atoms with van der Waals surface area (Å²) < 4.78 is 1.33. The predicted octanol–water partition coefficient (Wildman–Crippen LogP) is 0.539. The van der Waals surface area contributed by atoms with E-state index in [4.69, 9.17) is 5.73 Å². The molecule has 23 heavy (non-hydrogen) atoms. The lowest BCUT2D eigenvalue weighted by Crippen LogP contribution is -2.52. The summed E-state index contributed by atoms with van der Waals surface area (Å²) in [6.45, 7) is 2.65. The molecule has 120 valence electrons. The van der Waals surface area contributed by atoms with Gasteiger partial charge in [0.05, 0.1) is 5.69 Å². The molecule has 1 unspecified atom stereocenters. The predicted molar refractivity (Wildman–Crippen MR) is 86.6 cm³/mol. The van der Waals surface area contributed by atoms with Gasteiger partial charge in [0, 0.05) is 38.2 Å². The third-order valence-electron chi connectivity index (χ3n) is 4.34. The van der Waals surface area contributed by atoms with Crippen LogP contribution in [-0.2, 0) is 30.3 Å². The lowest BCUT2D eigenvalue weighted by molar-refractivity contribution is -0.137. The van der Waals surface area contributed by atoms with E-state index in [2.05, 4.69) is 5.10 Å². The van der Waals surface area contributed by atoms with Crippen molar-refractivity contribution in [2.45, 2.75) is 25.4 Å². The molecule has 1 amide bonds. The zero-order valence-electron chi connectivity index (χ0n) is 13.3. The van der Waals surface area contributed by atoms with Crippen molar-refractivity contribution in [2.75, 3.05) is 6.54 Å². The van der Waals surface area contributed by atoms with E-state index < -0.39 is 5.54 Å². The van der Waals surface area contributed by atoms with Gasteiger partial charge in [-0.2, -0.15) is 5.10 Å². The quantitative estimate of drug-likeness (QED) is 0.877. The molecule has 1 aromatic heterocycles. The Balaban J connectivity index is 1.87. The van der Waals surface area contributed by atoms with Crippen LogP contribution >= 0.6 is 0 Å². The highest BCUT2D eigenvalue weighted by atomic mass is 16.2. The molecule has 0 bridgehead atoms. The van der Waals surface area contributed by atoms with Crippen molar-refractivity contribution >= 4 is 5.91 Å². The topological polar surface area (TPSA) is 81.2 Å². The molecule has 3 rings (SSSR count). The Morgan fingerprint density at radius 2 is 2.00 bits per heavy atom. The molecule has 0 saturated heterocycles. The first-order valence-electron chi connectivity index (χ1n) is 7.59. The highest BCUT2D eigenvalue weighted by Crippen LogP contribution is 2.24. The largest absolute Gasteiger partial charge is 0.336 e.